The molecule has 1 heterocycles. The van der Waals surface area contributed by atoms with E-state index in [0.29, 0.717) is 11.4 Å². The van der Waals surface area contributed by atoms with Crippen molar-refractivity contribution >= 4 is 17.7 Å². The number of carbonyl (C=O) groups excluding carboxylic acids is 1. The number of anilines is 1. The number of carbonyl (C=O) groups is 2. The molecule has 0 aliphatic rings. The van der Waals surface area contributed by atoms with Crippen LogP contribution in [-0.2, 0) is 0 Å². The van der Waals surface area contributed by atoms with E-state index in [1.807, 2.05) is 19.9 Å². The second-order valence-electron chi connectivity index (χ2n) is 4.57. The number of aryl methyl sites for hydroxylation is 2. The van der Waals surface area contributed by atoms with Crippen LogP contribution >= 0.6 is 0 Å². The molecule has 0 aliphatic carbocycles. The average Bonchev–Trinajstić information content (AvgIpc) is 2.38. The molecule has 0 aliphatic heterocycles. The second-order valence-corrected chi connectivity index (χ2v) is 4.57. The Kier molecular flexibility index (Phi) is 3.79. The van der Waals surface area contributed by atoms with Crippen molar-refractivity contribution in [1.82, 2.24) is 4.98 Å². The highest BCUT2D eigenvalue weighted by molar-refractivity contribution is 6.04. The summed E-state index contributed by atoms with van der Waals surface area (Å²) in [7, 11) is 0. The molecule has 20 heavy (non-hydrogen) atoms. The van der Waals surface area contributed by atoms with Crippen LogP contribution in [0.3, 0.4) is 0 Å². The third kappa shape index (κ3) is 3.20. The van der Waals surface area contributed by atoms with E-state index in [-0.39, 0.29) is 11.5 Å². The van der Waals surface area contributed by atoms with Crippen LogP contribution in [0.2, 0.25) is 0 Å². The van der Waals surface area contributed by atoms with Gasteiger partial charge in [0.15, 0.2) is 0 Å². The standard InChI is InChI=1S/C15H14N2O3/c1-9-5-10(2)7-12(6-9)14(18)17-13-4-3-11(8-16-13)15(19)20/h3-8H,1-2H3,(H,19,20)(H,16,17,18). The van der Waals surface area contributed by atoms with Gasteiger partial charge >= 0.3 is 5.97 Å². The van der Waals surface area contributed by atoms with Crippen LogP contribution in [-0.4, -0.2) is 22.0 Å². The lowest BCUT2D eigenvalue weighted by molar-refractivity contribution is 0.0696. The quantitative estimate of drug-likeness (QED) is 0.898. The van der Waals surface area contributed by atoms with Gasteiger partial charge in [0, 0.05) is 11.8 Å². The van der Waals surface area contributed by atoms with E-state index in [0.717, 1.165) is 11.1 Å². The monoisotopic (exact) mass is 270 g/mol. The molecule has 0 fully saturated rings. The van der Waals surface area contributed by atoms with Gasteiger partial charge in [0.25, 0.3) is 5.91 Å². The van der Waals surface area contributed by atoms with Crippen molar-refractivity contribution < 1.29 is 14.7 Å². The molecule has 102 valence electrons. The molecule has 1 aromatic heterocycles. The first-order valence-electron chi connectivity index (χ1n) is 6.05. The van der Waals surface area contributed by atoms with Crippen LogP contribution < -0.4 is 5.32 Å². The third-order valence-electron chi connectivity index (χ3n) is 2.74. The molecule has 0 bridgehead atoms. The summed E-state index contributed by atoms with van der Waals surface area (Å²) in [5.74, 6) is -1.00. The van der Waals surface area contributed by atoms with Crippen LogP contribution in [0.4, 0.5) is 5.82 Å². The molecule has 0 unspecified atom stereocenters. The lowest BCUT2D eigenvalue weighted by atomic mass is 10.1. The normalized spacial score (nSPS) is 10.1. The molecule has 2 N–H and O–H groups in total. The average molecular weight is 270 g/mol. The summed E-state index contributed by atoms with van der Waals surface area (Å²) in [5, 5.41) is 11.4. The molecule has 1 aromatic carbocycles. The smallest absolute Gasteiger partial charge is 0.337 e. The zero-order valence-electron chi connectivity index (χ0n) is 11.2. The SMILES string of the molecule is Cc1cc(C)cc(C(=O)Nc2ccc(C(=O)O)cn2)c1. The fraction of sp³-hybridized carbons (Fsp3) is 0.133. The molecule has 0 saturated heterocycles. The van der Waals surface area contributed by atoms with Gasteiger partial charge in [0.2, 0.25) is 0 Å². The Hall–Kier alpha value is -2.69. The molecule has 0 spiro atoms. The molecule has 0 radical (unpaired) electrons. The number of hydrogen-bond acceptors (Lipinski definition) is 3. The number of rotatable bonds is 3. The first-order valence-corrected chi connectivity index (χ1v) is 6.05. The molecule has 0 atom stereocenters. The van der Waals surface area contributed by atoms with Crippen molar-refractivity contribution in [3.8, 4) is 0 Å². The second kappa shape index (κ2) is 5.52. The van der Waals surface area contributed by atoms with Gasteiger partial charge in [-0.3, -0.25) is 4.79 Å². The van der Waals surface area contributed by atoms with Crippen molar-refractivity contribution in [2.45, 2.75) is 13.8 Å². The van der Waals surface area contributed by atoms with Gasteiger partial charge < -0.3 is 10.4 Å². The zero-order chi connectivity index (χ0) is 14.7. The number of carboxylic acids is 1. The lowest BCUT2D eigenvalue weighted by Crippen LogP contribution is -2.13. The van der Waals surface area contributed by atoms with Crippen molar-refractivity contribution in [2.75, 3.05) is 5.32 Å². The summed E-state index contributed by atoms with van der Waals surface area (Å²) in [5.41, 5.74) is 2.63. The number of nitrogens with one attached hydrogen (secondary N) is 1. The van der Waals surface area contributed by atoms with E-state index in [9.17, 15) is 9.59 Å². The fourth-order valence-corrected chi connectivity index (χ4v) is 1.89. The van der Waals surface area contributed by atoms with Crippen molar-refractivity contribution in [1.29, 1.82) is 0 Å². The van der Waals surface area contributed by atoms with E-state index in [4.69, 9.17) is 5.11 Å². The van der Waals surface area contributed by atoms with Crippen molar-refractivity contribution in [2.24, 2.45) is 0 Å². The van der Waals surface area contributed by atoms with Gasteiger partial charge in [-0.05, 0) is 38.1 Å². The first-order chi connectivity index (χ1) is 9.45. The minimum Gasteiger partial charge on any atom is -0.478 e. The maximum absolute atomic E-state index is 12.1. The van der Waals surface area contributed by atoms with Crippen molar-refractivity contribution in [3.63, 3.8) is 0 Å². The fourth-order valence-electron chi connectivity index (χ4n) is 1.89. The maximum atomic E-state index is 12.1. The van der Waals surface area contributed by atoms with Gasteiger partial charge in [-0.1, -0.05) is 17.2 Å². The molecule has 0 saturated carbocycles. The van der Waals surface area contributed by atoms with Gasteiger partial charge in [-0.2, -0.15) is 0 Å². The highest BCUT2D eigenvalue weighted by Crippen LogP contribution is 2.12. The van der Waals surface area contributed by atoms with E-state index < -0.39 is 5.97 Å². The van der Waals surface area contributed by atoms with E-state index in [1.54, 1.807) is 12.1 Å². The summed E-state index contributed by atoms with van der Waals surface area (Å²) in [6, 6.07) is 8.41. The number of aromatic carboxylic acids is 1. The summed E-state index contributed by atoms with van der Waals surface area (Å²) >= 11 is 0. The van der Waals surface area contributed by atoms with Gasteiger partial charge in [-0.25, -0.2) is 9.78 Å². The van der Waals surface area contributed by atoms with Gasteiger partial charge in [0.05, 0.1) is 5.56 Å². The van der Waals surface area contributed by atoms with Crippen LogP contribution in [0.5, 0.6) is 0 Å². The number of amides is 1. The Balaban J connectivity index is 2.16. The predicted octanol–water partition coefficient (Wildman–Crippen LogP) is 2.65. The largest absolute Gasteiger partial charge is 0.478 e. The summed E-state index contributed by atoms with van der Waals surface area (Å²) < 4.78 is 0. The highest BCUT2D eigenvalue weighted by Gasteiger charge is 2.09. The Labute approximate surface area is 116 Å². The van der Waals surface area contributed by atoms with E-state index in [1.165, 1.54) is 18.3 Å². The lowest BCUT2D eigenvalue weighted by Gasteiger charge is -2.06. The Morgan fingerprint density at radius 3 is 2.20 bits per heavy atom. The third-order valence-corrected chi connectivity index (χ3v) is 2.74. The van der Waals surface area contributed by atoms with Crippen LogP contribution in [0.1, 0.15) is 31.8 Å². The summed E-state index contributed by atoms with van der Waals surface area (Å²) in [6.45, 7) is 3.84. The molecule has 5 heteroatoms. The zero-order valence-corrected chi connectivity index (χ0v) is 11.2. The van der Waals surface area contributed by atoms with Crippen LogP contribution in [0.15, 0.2) is 36.5 Å². The number of hydrogen-bond donors (Lipinski definition) is 2. The Bertz CT molecular complexity index is 643. The minimum atomic E-state index is -1.05. The Morgan fingerprint density at radius 2 is 1.70 bits per heavy atom. The van der Waals surface area contributed by atoms with Crippen LogP contribution in [0.25, 0.3) is 0 Å². The Morgan fingerprint density at radius 1 is 1.05 bits per heavy atom. The number of aromatic nitrogens is 1. The number of nitrogens with zero attached hydrogens (tertiary/aromatic N) is 1. The minimum absolute atomic E-state index is 0.0781. The van der Waals surface area contributed by atoms with E-state index >= 15 is 0 Å². The van der Waals surface area contributed by atoms with Gasteiger partial charge in [-0.15, -0.1) is 0 Å². The predicted molar refractivity (Wildman–Crippen MR) is 75.1 cm³/mol. The molecule has 1 amide bonds. The summed E-state index contributed by atoms with van der Waals surface area (Å²) in [6.07, 6.45) is 1.21. The molecule has 2 aromatic rings. The first kappa shape index (κ1) is 13.7. The maximum Gasteiger partial charge on any atom is 0.337 e. The molecular weight excluding hydrogens is 256 g/mol. The number of pyridine rings is 1. The van der Waals surface area contributed by atoms with E-state index in [2.05, 4.69) is 10.3 Å². The molecule has 5 nitrogen and oxygen atoms in total. The summed E-state index contributed by atoms with van der Waals surface area (Å²) in [4.78, 5) is 26.7. The number of benzene rings is 1. The van der Waals surface area contributed by atoms with Crippen LogP contribution in [0, 0.1) is 13.8 Å². The highest BCUT2D eigenvalue weighted by atomic mass is 16.4. The van der Waals surface area contributed by atoms with Crippen molar-refractivity contribution in [3.05, 3.63) is 58.8 Å². The van der Waals surface area contributed by atoms with Gasteiger partial charge in [0.1, 0.15) is 5.82 Å². The number of carboxylic acid groups (broad SMARTS) is 1. The molecular formula is C15H14N2O3. The molecule has 2 rings (SSSR count). The topological polar surface area (TPSA) is 79.3 Å².